The van der Waals surface area contributed by atoms with E-state index >= 15 is 0 Å². The quantitative estimate of drug-likeness (QED) is 0.746. The van der Waals surface area contributed by atoms with Crippen molar-refractivity contribution < 1.29 is 4.79 Å². The Morgan fingerprint density at radius 1 is 1.24 bits per heavy atom. The standard InChI is InChI=1S/C12H20N4O/c1-5-6-15(3)11-7-12(14-9-13-11)16(4)8-10(2)17/h7,9H,5-6,8H2,1-4H3. The molecule has 0 aliphatic heterocycles. The minimum Gasteiger partial charge on any atom is -0.360 e. The SMILES string of the molecule is CCCN(C)c1cc(N(C)CC(C)=O)ncn1. The number of likely N-dealkylation sites (N-methyl/N-ethyl adjacent to an activating group) is 1. The van der Waals surface area contributed by atoms with E-state index in [2.05, 4.69) is 21.8 Å². The van der Waals surface area contributed by atoms with Gasteiger partial charge in [0.25, 0.3) is 0 Å². The van der Waals surface area contributed by atoms with E-state index in [4.69, 9.17) is 0 Å². The molecule has 0 N–H and O–H groups in total. The van der Waals surface area contributed by atoms with Crippen LogP contribution >= 0.6 is 0 Å². The number of aromatic nitrogens is 2. The Bertz CT molecular complexity index is 381. The molecule has 1 aromatic rings. The van der Waals surface area contributed by atoms with E-state index in [1.54, 1.807) is 6.92 Å². The molecule has 0 atom stereocenters. The van der Waals surface area contributed by atoms with Crippen LogP contribution in [0.25, 0.3) is 0 Å². The predicted octanol–water partition coefficient (Wildman–Crippen LogP) is 1.35. The maximum Gasteiger partial charge on any atom is 0.149 e. The number of nitrogens with zero attached hydrogens (tertiary/aromatic N) is 4. The summed E-state index contributed by atoms with van der Waals surface area (Å²) < 4.78 is 0. The van der Waals surface area contributed by atoms with Crippen molar-refractivity contribution in [1.82, 2.24) is 9.97 Å². The van der Waals surface area contributed by atoms with Gasteiger partial charge in [0.2, 0.25) is 0 Å². The van der Waals surface area contributed by atoms with Crippen LogP contribution in [0, 0.1) is 0 Å². The first-order chi connectivity index (χ1) is 8.04. The summed E-state index contributed by atoms with van der Waals surface area (Å²) in [5.74, 6) is 1.77. The van der Waals surface area contributed by atoms with E-state index < -0.39 is 0 Å². The molecule has 5 nitrogen and oxygen atoms in total. The number of anilines is 2. The molecule has 0 fully saturated rings. The van der Waals surface area contributed by atoms with Crippen LogP contribution in [-0.2, 0) is 4.79 Å². The van der Waals surface area contributed by atoms with Crippen LogP contribution in [0.1, 0.15) is 20.3 Å². The van der Waals surface area contributed by atoms with Crippen molar-refractivity contribution in [3.05, 3.63) is 12.4 Å². The van der Waals surface area contributed by atoms with E-state index in [0.717, 1.165) is 24.6 Å². The summed E-state index contributed by atoms with van der Waals surface area (Å²) >= 11 is 0. The number of hydrogen-bond donors (Lipinski definition) is 0. The molecular formula is C12H20N4O. The van der Waals surface area contributed by atoms with Crippen molar-refractivity contribution in [2.24, 2.45) is 0 Å². The van der Waals surface area contributed by atoms with Gasteiger partial charge < -0.3 is 9.80 Å². The molecule has 1 heterocycles. The summed E-state index contributed by atoms with van der Waals surface area (Å²) in [5, 5.41) is 0. The first-order valence-electron chi connectivity index (χ1n) is 5.78. The molecule has 0 aliphatic carbocycles. The topological polar surface area (TPSA) is 49.3 Å². The van der Waals surface area contributed by atoms with E-state index in [-0.39, 0.29) is 5.78 Å². The molecule has 0 saturated heterocycles. The van der Waals surface area contributed by atoms with E-state index in [9.17, 15) is 4.79 Å². The van der Waals surface area contributed by atoms with Gasteiger partial charge in [-0.05, 0) is 13.3 Å². The molecule has 0 saturated carbocycles. The number of carbonyl (C=O) groups excluding carboxylic acids is 1. The molecule has 0 spiro atoms. The van der Waals surface area contributed by atoms with Gasteiger partial charge in [-0.2, -0.15) is 0 Å². The van der Waals surface area contributed by atoms with Gasteiger partial charge in [0.15, 0.2) is 0 Å². The van der Waals surface area contributed by atoms with Gasteiger partial charge in [-0.3, -0.25) is 4.79 Å². The molecule has 0 radical (unpaired) electrons. The molecule has 5 heteroatoms. The van der Waals surface area contributed by atoms with Crippen molar-refractivity contribution in [2.75, 3.05) is 37.0 Å². The third-order valence-electron chi connectivity index (χ3n) is 2.44. The Kier molecular flexibility index (Phi) is 4.87. The van der Waals surface area contributed by atoms with Crippen molar-refractivity contribution in [1.29, 1.82) is 0 Å². The summed E-state index contributed by atoms with van der Waals surface area (Å²) in [6.45, 7) is 5.02. The maximum atomic E-state index is 11.1. The largest absolute Gasteiger partial charge is 0.360 e. The summed E-state index contributed by atoms with van der Waals surface area (Å²) in [4.78, 5) is 23.3. The van der Waals surface area contributed by atoms with Gasteiger partial charge in [0, 0.05) is 26.7 Å². The minimum absolute atomic E-state index is 0.120. The summed E-state index contributed by atoms with van der Waals surface area (Å²) in [5.41, 5.74) is 0. The lowest BCUT2D eigenvalue weighted by Gasteiger charge is -2.20. The normalized spacial score (nSPS) is 10.1. The van der Waals surface area contributed by atoms with E-state index in [1.807, 2.05) is 25.1 Å². The highest BCUT2D eigenvalue weighted by atomic mass is 16.1. The van der Waals surface area contributed by atoms with E-state index in [0.29, 0.717) is 6.54 Å². The Balaban J connectivity index is 2.81. The van der Waals surface area contributed by atoms with Crippen LogP contribution in [0.5, 0.6) is 0 Å². The first-order valence-corrected chi connectivity index (χ1v) is 5.78. The highest BCUT2D eigenvalue weighted by Gasteiger charge is 2.08. The molecular weight excluding hydrogens is 216 g/mol. The van der Waals surface area contributed by atoms with Crippen molar-refractivity contribution >= 4 is 17.4 Å². The number of rotatable bonds is 6. The van der Waals surface area contributed by atoms with E-state index in [1.165, 1.54) is 6.33 Å². The Hall–Kier alpha value is -1.65. The Labute approximate surface area is 102 Å². The summed E-state index contributed by atoms with van der Waals surface area (Å²) in [6, 6.07) is 1.90. The zero-order valence-electron chi connectivity index (χ0n) is 11.0. The highest BCUT2D eigenvalue weighted by Crippen LogP contribution is 2.15. The monoisotopic (exact) mass is 236 g/mol. The van der Waals surface area contributed by atoms with Crippen LogP contribution < -0.4 is 9.80 Å². The third-order valence-corrected chi connectivity index (χ3v) is 2.44. The van der Waals surface area contributed by atoms with Crippen molar-refractivity contribution in [2.45, 2.75) is 20.3 Å². The molecule has 1 rings (SSSR count). The Morgan fingerprint density at radius 2 is 1.82 bits per heavy atom. The van der Waals surface area contributed by atoms with Crippen LogP contribution in [0.15, 0.2) is 12.4 Å². The lowest BCUT2D eigenvalue weighted by Crippen LogP contribution is -2.25. The van der Waals surface area contributed by atoms with Gasteiger partial charge in [0.05, 0.1) is 6.54 Å². The fourth-order valence-electron chi connectivity index (χ4n) is 1.62. The predicted molar refractivity (Wildman–Crippen MR) is 69.5 cm³/mol. The fraction of sp³-hybridized carbons (Fsp3) is 0.583. The zero-order valence-corrected chi connectivity index (χ0v) is 11.0. The Morgan fingerprint density at radius 3 is 2.35 bits per heavy atom. The van der Waals surface area contributed by atoms with Gasteiger partial charge in [-0.15, -0.1) is 0 Å². The molecule has 0 unspecified atom stereocenters. The fourth-order valence-corrected chi connectivity index (χ4v) is 1.62. The van der Waals surface area contributed by atoms with Crippen molar-refractivity contribution in [3.63, 3.8) is 0 Å². The molecule has 0 bridgehead atoms. The molecule has 0 aliphatic rings. The molecule has 94 valence electrons. The second-order valence-corrected chi connectivity index (χ2v) is 4.21. The van der Waals surface area contributed by atoms with Crippen molar-refractivity contribution in [3.8, 4) is 0 Å². The van der Waals surface area contributed by atoms with Gasteiger partial charge in [-0.1, -0.05) is 6.92 Å². The van der Waals surface area contributed by atoms with Crippen LogP contribution in [0.2, 0.25) is 0 Å². The number of carbonyl (C=O) groups is 1. The zero-order chi connectivity index (χ0) is 12.8. The smallest absolute Gasteiger partial charge is 0.149 e. The number of Topliss-reactive ketones (excluding diaryl/α,β-unsaturated/α-hetero) is 1. The second kappa shape index (κ2) is 6.18. The first kappa shape index (κ1) is 13.4. The highest BCUT2D eigenvalue weighted by molar-refractivity contribution is 5.80. The number of hydrogen-bond acceptors (Lipinski definition) is 5. The summed E-state index contributed by atoms with van der Waals surface area (Å²) in [6.07, 6.45) is 2.60. The molecule has 0 amide bonds. The average molecular weight is 236 g/mol. The molecule has 17 heavy (non-hydrogen) atoms. The van der Waals surface area contributed by atoms with Gasteiger partial charge in [-0.25, -0.2) is 9.97 Å². The van der Waals surface area contributed by atoms with Crippen LogP contribution in [-0.4, -0.2) is 42.9 Å². The lowest BCUT2D eigenvalue weighted by molar-refractivity contribution is -0.115. The third kappa shape index (κ3) is 4.01. The maximum absolute atomic E-state index is 11.1. The second-order valence-electron chi connectivity index (χ2n) is 4.21. The van der Waals surface area contributed by atoms with Gasteiger partial charge >= 0.3 is 0 Å². The minimum atomic E-state index is 0.120. The van der Waals surface area contributed by atoms with Crippen LogP contribution in [0.4, 0.5) is 11.6 Å². The molecule has 0 aromatic carbocycles. The average Bonchev–Trinajstić information content (AvgIpc) is 2.28. The molecule has 1 aromatic heterocycles. The van der Waals surface area contributed by atoms with Gasteiger partial charge in [0.1, 0.15) is 23.7 Å². The lowest BCUT2D eigenvalue weighted by atomic mass is 10.3. The van der Waals surface area contributed by atoms with Crippen LogP contribution in [0.3, 0.4) is 0 Å². The number of ketones is 1. The summed E-state index contributed by atoms with van der Waals surface area (Å²) in [7, 11) is 3.86.